The van der Waals surface area contributed by atoms with E-state index in [0.29, 0.717) is 18.8 Å². The van der Waals surface area contributed by atoms with Crippen LogP contribution >= 0.6 is 0 Å². The minimum absolute atomic E-state index is 0.205. The maximum absolute atomic E-state index is 12.6. The first kappa shape index (κ1) is 21.4. The Kier molecular flexibility index (Phi) is 7.00. The van der Waals surface area contributed by atoms with Crippen LogP contribution < -0.4 is 5.32 Å². The van der Waals surface area contributed by atoms with Crippen molar-refractivity contribution in [1.29, 1.82) is 0 Å². The number of carbonyl (C=O) groups is 2. The number of piperidine rings is 1. The van der Waals surface area contributed by atoms with E-state index in [0.717, 1.165) is 19.3 Å². The average molecular weight is 397 g/mol. The van der Waals surface area contributed by atoms with Gasteiger partial charge in [0.05, 0.1) is 11.3 Å². The molecular weight excluding hydrogens is 368 g/mol. The molecule has 1 N–H and O–H groups in total. The van der Waals surface area contributed by atoms with Crippen LogP contribution in [0, 0.1) is 5.41 Å². The van der Waals surface area contributed by atoms with E-state index in [9.17, 15) is 18.0 Å². The number of nitrogens with zero attached hydrogens (tertiary/aromatic N) is 1. The Bertz CT molecular complexity index is 760. The molecule has 0 bridgehead atoms. The van der Waals surface area contributed by atoms with Gasteiger partial charge in [-0.15, -0.1) is 0 Å². The van der Waals surface area contributed by atoms with Crippen molar-refractivity contribution in [2.45, 2.75) is 51.3 Å². The molecule has 1 amide bonds. The quantitative estimate of drug-likeness (QED) is 0.747. The van der Waals surface area contributed by atoms with Gasteiger partial charge in [-0.05, 0) is 42.5 Å². The number of ether oxygens (including phenoxy) is 1. The molecule has 27 heavy (non-hydrogen) atoms. The number of sulfonamides is 1. The largest absolute Gasteiger partial charge is 0.456 e. The molecule has 0 aliphatic carbocycles. The Balaban J connectivity index is 1.89. The van der Waals surface area contributed by atoms with Crippen LogP contribution in [0.4, 0.5) is 5.69 Å². The van der Waals surface area contributed by atoms with Gasteiger partial charge in [-0.2, -0.15) is 4.31 Å². The van der Waals surface area contributed by atoms with Gasteiger partial charge in [0.25, 0.3) is 5.91 Å². The number of esters is 1. The molecule has 1 aromatic carbocycles. The molecular formula is C19H28N2O5S. The maximum Gasteiger partial charge on any atom is 0.306 e. The zero-order chi connectivity index (χ0) is 20.1. The van der Waals surface area contributed by atoms with Crippen molar-refractivity contribution in [1.82, 2.24) is 4.31 Å². The second-order valence-electron chi connectivity index (χ2n) is 7.94. The van der Waals surface area contributed by atoms with Crippen molar-refractivity contribution in [2.24, 2.45) is 5.41 Å². The molecule has 1 aliphatic heterocycles. The Morgan fingerprint density at radius 3 is 2.22 bits per heavy atom. The molecule has 1 saturated heterocycles. The van der Waals surface area contributed by atoms with Gasteiger partial charge in [-0.3, -0.25) is 9.59 Å². The summed E-state index contributed by atoms with van der Waals surface area (Å²) < 4.78 is 31.6. The molecule has 0 saturated carbocycles. The summed E-state index contributed by atoms with van der Waals surface area (Å²) in [6.45, 7) is 6.44. The highest BCUT2D eigenvalue weighted by Crippen LogP contribution is 2.22. The zero-order valence-corrected chi connectivity index (χ0v) is 17.0. The third-order valence-electron chi connectivity index (χ3n) is 4.13. The van der Waals surface area contributed by atoms with Gasteiger partial charge in [0.2, 0.25) is 10.0 Å². The lowest BCUT2D eigenvalue weighted by atomic mass is 9.92. The summed E-state index contributed by atoms with van der Waals surface area (Å²) in [7, 11) is -3.49. The SMILES string of the molecule is CC(C)(C)CC(=O)OCC(=O)Nc1ccc(S(=O)(=O)N2CCCCC2)cc1. The van der Waals surface area contributed by atoms with E-state index < -0.39 is 21.9 Å². The Labute approximate surface area is 161 Å². The van der Waals surface area contributed by atoms with Crippen molar-refractivity contribution >= 4 is 27.6 Å². The fraction of sp³-hybridized carbons (Fsp3) is 0.579. The van der Waals surface area contributed by atoms with Crippen molar-refractivity contribution in [3.8, 4) is 0 Å². The summed E-state index contributed by atoms with van der Waals surface area (Å²) in [5.74, 6) is -0.899. The van der Waals surface area contributed by atoms with Crippen molar-refractivity contribution in [3.63, 3.8) is 0 Å². The van der Waals surface area contributed by atoms with E-state index in [-0.39, 0.29) is 23.3 Å². The summed E-state index contributed by atoms with van der Waals surface area (Å²) in [4.78, 5) is 23.8. The van der Waals surface area contributed by atoms with Gasteiger partial charge < -0.3 is 10.1 Å². The number of benzene rings is 1. The first-order valence-corrected chi connectivity index (χ1v) is 10.6. The van der Waals surface area contributed by atoms with Gasteiger partial charge >= 0.3 is 5.97 Å². The highest BCUT2D eigenvalue weighted by Gasteiger charge is 2.25. The third kappa shape index (κ3) is 6.62. The normalized spacial score (nSPS) is 16.0. The number of rotatable bonds is 6. The van der Waals surface area contributed by atoms with E-state index in [2.05, 4.69) is 5.32 Å². The Morgan fingerprint density at radius 2 is 1.67 bits per heavy atom. The number of anilines is 1. The predicted octanol–water partition coefficient (Wildman–Crippen LogP) is 2.78. The molecule has 0 unspecified atom stereocenters. The summed E-state index contributed by atoms with van der Waals surface area (Å²) in [6, 6.07) is 6.02. The van der Waals surface area contributed by atoms with E-state index >= 15 is 0 Å². The van der Waals surface area contributed by atoms with Gasteiger partial charge in [-0.1, -0.05) is 27.2 Å². The van der Waals surface area contributed by atoms with Crippen LogP contribution in [0.5, 0.6) is 0 Å². The number of hydrogen-bond donors (Lipinski definition) is 1. The number of nitrogens with one attached hydrogen (secondary N) is 1. The Hall–Kier alpha value is -1.93. The fourth-order valence-electron chi connectivity index (χ4n) is 2.79. The molecule has 8 heteroatoms. The first-order chi connectivity index (χ1) is 12.6. The first-order valence-electron chi connectivity index (χ1n) is 9.14. The predicted molar refractivity (Wildman–Crippen MR) is 103 cm³/mol. The van der Waals surface area contributed by atoms with E-state index in [1.165, 1.54) is 28.6 Å². The second kappa shape index (κ2) is 8.84. The second-order valence-corrected chi connectivity index (χ2v) is 9.87. The van der Waals surface area contributed by atoms with Crippen molar-refractivity contribution in [3.05, 3.63) is 24.3 Å². The molecule has 150 valence electrons. The van der Waals surface area contributed by atoms with Gasteiger partial charge in [-0.25, -0.2) is 8.42 Å². The minimum Gasteiger partial charge on any atom is -0.456 e. The lowest BCUT2D eigenvalue weighted by molar-refractivity contribution is -0.149. The lowest BCUT2D eigenvalue weighted by Gasteiger charge is -2.25. The fourth-order valence-corrected chi connectivity index (χ4v) is 4.31. The highest BCUT2D eigenvalue weighted by molar-refractivity contribution is 7.89. The average Bonchev–Trinajstić information content (AvgIpc) is 2.60. The van der Waals surface area contributed by atoms with Crippen LogP contribution in [0.25, 0.3) is 0 Å². The van der Waals surface area contributed by atoms with E-state index in [1.54, 1.807) is 0 Å². The zero-order valence-electron chi connectivity index (χ0n) is 16.2. The molecule has 1 heterocycles. The molecule has 0 radical (unpaired) electrons. The van der Waals surface area contributed by atoms with Crippen molar-refractivity contribution < 1.29 is 22.7 Å². The smallest absolute Gasteiger partial charge is 0.306 e. The van der Waals surface area contributed by atoms with Crippen LogP contribution in [0.1, 0.15) is 46.5 Å². The lowest BCUT2D eigenvalue weighted by Crippen LogP contribution is -2.35. The van der Waals surface area contributed by atoms with Gasteiger partial charge in [0.15, 0.2) is 6.61 Å². The van der Waals surface area contributed by atoms with Gasteiger partial charge in [0, 0.05) is 18.8 Å². The van der Waals surface area contributed by atoms with E-state index in [1.807, 2.05) is 20.8 Å². The number of amides is 1. The van der Waals surface area contributed by atoms with Crippen LogP contribution in [0.2, 0.25) is 0 Å². The van der Waals surface area contributed by atoms with Crippen LogP contribution in [0.3, 0.4) is 0 Å². The monoisotopic (exact) mass is 396 g/mol. The number of hydrogen-bond acceptors (Lipinski definition) is 5. The van der Waals surface area contributed by atoms with Crippen LogP contribution in [-0.2, 0) is 24.3 Å². The van der Waals surface area contributed by atoms with Gasteiger partial charge in [0.1, 0.15) is 0 Å². The van der Waals surface area contributed by atoms with Crippen LogP contribution in [-0.4, -0.2) is 44.3 Å². The Morgan fingerprint density at radius 1 is 1.07 bits per heavy atom. The van der Waals surface area contributed by atoms with Crippen molar-refractivity contribution in [2.75, 3.05) is 25.0 Å². The molecule has 1 fully saturated rings. The third-order valence-corrected chi connectivity index (χ3v) is 6.04. The van der Waals surface area contributed by atoms with E-state index in [4.69, 9.17) is 4.74 Å². The number of carbonyl (C=O) groups excluding carboxylic acids is 2. The summed E-state index contributed by atoms with van der Waals surface area (Å²) >= 11 is 0. The molecule has 2 rings (SSSR count). The summed E-state index contributed by atoms with van der Waals surface area (Å²) in [6.07, 6.45) is 3.03. The molecule has 1 aromatic rings. The molecule has 0 atom stereocenters. The molecule has 1 aliphatic rings. The maximum atomic E-state index is 12.6. The molecule has 0 aromatic heterocycles. The summed E-state index contributed by atoms with van der Waals surface area (Å²) in [5, 5.41) is 2.59. The highest BCUT2D eigenvalue weighted by atomic mass is 32.2. The standard InChI is InChI=1S/C19H28N2O5S/c1-19(2,3)13-18(23)26-14-17(22)20-15-7-9-16(10-8-15)27(24,25)21-11-5-4-6-12-21/h7-10H,4-6,11-14H2,1-3H3,(H,20,22). The van der Waals surface area contributed by atoms with Crippen LogP contribution in [0.15, 0.2) is 29.2 Å². The molecule has 0 spiro atoms. The summed E-state index contributed by atoms with van der Waals surface area (Å²) in [5.41, 5.74) is 0.243. The molecule has 7 nitrogen and oxygen atoms in total. The topological polar surface area (TPSA) is 92.8 Å². The minimum atomic E-state index is -3.49.